The van der Waals surface area contributed by atoms with E-state index in [2.05, 4.69) is 16.0 Å². The van der Waals surface area contributed by atoms with Crippen LogP contribution in [0.3, 0.4) is 0 Å². The number of hydrogen-bond acceptors (Lipinski definition) is 5. The van der Waals surface area contributed by atoms with Crippen LogP contribution in [0.4, 0.5) is 21.0 Å². The van der Waals surface area contributed by atoms with E-state index in [-0.39, 0.29) is 18.6 Å². The summed E-state index contributed by atoms with van der Waals surface area (Å²) in [6.45, 7) is 8.40. The summed E-state index contributed by atoms with van der Waals surface area (Å²) in [6, 6.07) is 14.1. The number of benzene rings is 2. The zero-order valence-corrected chi connectivity index (χ0v) is 20.9. The molecule has 4 amide bonds. The highest BCUT2D eigenvalue weighted by Crippen LogP contribution is 2.32. The number of urea groups is 2. The third-order valence-electron chi connectivity index (χ3n) is 5.56. The lowest BCUT2D eigenvalue weighted by molar-refractivity contribution is -0.140. The van der Waals surface area contributed by atoms with E-state index in [1.165, 1.54) is 0 Å². The number of nitrogens with zero attached hydrogens (tertiary/aromatic N) is 2. The number of rotatable bonds is 8. The van der Waals surface area contributed by atoms with Crippen molar-refractivity contribution >= 4 is 29.4 Å². The van der Waals surface area contributed by atoms with Crippen molar-refractivity contribution in [3.8, 4) is 6.07 Å². The van der Waals surface area contributed by atoms with E-state index in [0.717, 1.165) is 6.42 Å². The molecule has 2 aromatic rings. The third-order valence-corrected chi connectivity index (χ3v) is 5.56. The van der Waals surface area contributed by atoms with Crippen LogP contribution in [-0.2, 0) is 9.53 Å². The Bertz CT molecular complexity index is 1200. The maximum absolute atomic E-state index is 13.0. The van der Waals surface area contributed by atoms with E-state index in [9.17, 15) is 14.4 Å². The average Bonchev–Trinajstić information content (AvgIpc) is 2.85. The number of carbonyl (C=O) groups excluding carboxylic acids is 3. The molecule has 9 nitrogen and oxygen atoms in total. The summed E-state index contributed by atoms with van der Waals surface area (Å²) in [5, 5.41) is 17.3. The minimum Gasteiger partial charge on any atom is -0.462 e. The third kappa shape index (κ3) is 6.42. The first-order valence-electron chi connectivity index (χ1n) is 11.9. The number of amides is 4. The molecule has 0 aliphatic carbocycles. The molecule has 3 rings (SSSR count). The lowest BCUT2D eigenvalue weighted by atomic mass is 9.94. The summed E-state index contributed by atoms with van der Waals surface area (Å²) < 4.78 is 5.52. The normalized spacial score (nSPS) is 15.3. The van der Waals surface area contributed by atoms with Gasteiger partial charge in [0.2, 0.25) is 0 Å². The monoisotopic (exact) mass is 489 g/mol. The topological polar surface area (TPSA) is 124 Å². The molecule has 1 aliphatic rings. The zero-order valence-electron chi connectivity index (χ0n) is 20.9. The Labute approximate surface area is 211 Å². The molecular weight excluding hydrogens is 458 g/mol. The molecule has 0 unspecified atom stereocenters. The zero-order chi connectivity index (χ0) is 26.2. The average molecular weight is 490 g/mol. The Morgan fingerprint density at radius 1 is 1.14 bits per heavy atom. The predicted octanol–water partition coefficient (Wildman–Crippen LogP) is 5.15. The molecule has 1 aliphatic heterocycles. The van der Waals surface area contributed by atoms with Crippen molar-refractivity contribution in [1.29, 1.82) is 5.26 Å². The molecule has 0 saturated carbocycles. The predicted molar refractivity (Wildman–Crippen MR) is 137 cm³/mol. The maximum atomic E-state index is 13.0. The molecular formula is C27H31N5O4. The second-order valence-electron chi connectivity index (χ2n) is 8.92. The lowest BCUT2D eigenvalue weighted by Gasteiger charge is -2.35. The van der Waals surface area contributed by atoms with E-state index in [1.807, 2.05) is 26.8 Å². The largest absolute Gasteiger partial charge is 0.462 e. The Kier molecular flexibility index (Phi) is 8.68. The van der Waals surface area contributed by atoms with Crippen molar-refractivity contribution in [2.75, 3.05) is 23.8 Å². The highest BCUT2D eigenvalue weighted by molar-refractivity contribution is 6.00. The molecule has 0 radical (unpaired) electrons. The van der Waals surface area contributed by atoms with Crippen molar-refractivity contribution in [2.24, 2.45) is 5.92 Å². The lowest BCUT2D eigenvalue weighted by Crippen LogP contribution is -2.48. The van der Waals surface area contributed by atoms with Crippen LogP contribution in [0.15, 0.2) is 59.8 Å². The smallest absolute Gasteiger partial charge is 0.338 e. The van der Waals surface area contributed by atoms with Crippen LogP contribution >= 0.6 is 0 Å². The summed E-state index contributed by atoms with van der Waals surface area (Å²) in [6.07, 6.45) is 0.743. The number of hydrogen-bond donors (Lipinski definition) is 3. The maximum Gasteiger partial charge on any atom is 0.338 e. The van der Waals surface area contributed by atoms with Gasteiger partial charge in [-0.15, -0.1) is 0 Å². The summed E-state index contributed by atoms with van der Waals surface area (Å²) in [4.78, 5) is 39.8. The summed E-state index contributed by atoms with van der Waals surface area (Å²) >= 11 is 0. The molecule has 0 spiro atoms. The van der Waals surface area contributed by atoms with Crippen molar-refractivity contribution in [3.05, 3.63) is 70.9 Å². The quantitative estimate of drug-likeness (QED) is 0.442. The van der Waals surface area contributed by atoms with Crippen molar-refractivity contribution in [1.82, 2.24) is 10.2 Å². The second-order valence-corrected chi connectivity index (χ2v) is 8.92. The standard InChI is InChI=1S/C27H31N5O4/c1-5-13-32-18(4)23(25(33)36-16-17(2)3)24(31-27(32)35)20-9-11-21(12-10-20)29-26(34)30-22-8-6-7-19(14-22)15-28/h6-12,14,17,24H,5,13,16H2,1-4H3,(H,31,35)(H2,29,30,34)/t24-/m1/s1. The number of nitrogens with one attached hydrogen (secondary N) is 3. The van der Waals surface area contributed by atoms with Gasteiger partial charge in [-0.1, -0.05) is 39.0 Å². The minimum absolute atomic E-state index is 0.178. The van der Waals surface area contributed by atoms with Gasteiger partial charge in [0.15, 0.2) is 0 Å². The van der Waals surface area contributed by atoms with Crippen LogP contribution in [0.5, 0.6) is 0 Å². The van der Waals surface area contributed by atoms with Crippen LogP contribution in [0.25, 0.3) is 0 Å². The van der Waals surface area contributed by atoms with Crippen molar-refractivity contribution < 1.29 is 19.1 Å². The van der Waals surface area contributed by atoms with Crippen LogP contribution in [-0.4, -0.2) is 36.1 Å². The van der Waals surface area contributed by atoms with Gasteiger partial charge < -0.3 is 20.7 Å². The van der Waals surface area contributed by atoms with Gasteiger partial charge in [-0.3, -0.25) is 4.90 Å². The Morgan fingerprint density at radius 2 is 1.83 bits per heavy atom. The first-order chi connectivity index (χ1) is 17.2. The molecule has 1 heterocycles. The Hall–Kier alpha value is -4.32. The highest BCUT2D eigenvalue weighted by Gasteiger charge is 2.36. The van der Waals surface area contributed by atoms with E-state index < -0.39 is 18.0 Å². The van der Waals surface area contributed by atoms with E-state index in [4.69, 9.17) is 10.00 Å². The number of carbonyl (C=O) groups is 3. The molecule has 3 N–H and O–H groups in total. The highest BCUT2D eigenvalue weighted by atomic mass is 16.5. The molecule has 0 aromatic heterocycles. The first-order valence-corrected chi connectivity index (χ1v) is 11.9. The van der Waals surface area contributed by atoms with Crippen molar-refractivity contribution in [2.45, 2.75) is 40.2 Å². The molecule has 0 saturated heterocycles. The molecule has 0 bridgehead atoms. The second kappa shape index (κ2) is 11.9. The van der Waals surface area contributed by atoms with Gasteiger partial charge >= 0.3 is 18.0 Å². The summed E-state index contributed by atoms with van der Waals surface area (Å²) in [5.41, 5.74) is 3.10. The summed E-state index contributed by atoms with van der Waals surface area (Å²) in [7, 11) is 0. The van der Waals surface area contributed by atoms with Crippen LogP contribution in [0.2, 0.25) is 0 Å². The van der Waals surface area contributed by atoms with Gasteiger partial charge in [0.25, 0.3) is 0 Å². The molecule has 2 aromatic carbocycles. The van der Waals surface area contributed by atoms with Crippen molar-refractivity contribution in [3.63, 3.8) is 0 Å². The minimum atomic E-state index is -0.679. The fraction of sp³-hybridized carbons (Fsp3) is 0.333. The molecule has 188 valence electrons. The molecule has 0 fully saturated rings. The number of ether oxygens (including phenoxy) is 1. The Morgan fingerprint density at radius 3 is 2.47 bits per heavy atom. The summed E-state index contributed by atoms with van der Waals surface area (Å²) in [5.74, 6) is -0.286. The van der Waals surface area contributed by atoms with Gasteiger partial charge in [0, 0.05) is 23.6 Å². The number of anilines is 2. The van der Waals surface area contributed by atoms with Gasteiger partial charge in [-0.25, -0.2) is 14.4 Å². The van der Waals surface area contributed by atoms with Crippen LogP contribution in [0, 0.1) is 17.2 Å². The van der Waals surface area contributed by atoms with Gasteiger partial charge in [-0.05, 0) is 55.2 Å². The van der Waals surface area contributed by atoms with E-state index >= 15 is 0 Å². The SMILES string of the molecule is CCCN1C(=O)N[C@H](c2ccc(NC(=O)Nc3cccc(C#N)c3)cc2)C(C(=O)OCC(C)C)=C1C. The first kappa shape index (κ1) is 26.3. The van der Waals surface area contributed by atoms with Gasteiger partial charge in [0.1, 0.15) is 0 Å². The van der Waals surface area contributed by atoms with Crippen LogP contribution in [0.1, 0.15) is 51.3 Å². The molecule has 9 heteroatoms. The fourth-order valence-electron chi connectivity index (χ4n) is 3.83. The van der Waals surface area contributed by atoms with E-state index in [1.54, 1.807) is 60.4 Å². The molecule has 1 atom stereocenters. The Balaban J connectivity index is 1.79. The number of allylic oxidation sites excluding steroid dienone is 1. The van der Waals surface area contributed by atoms with E-state index in [0.29, 0.717) is 40.3 Å². The van der Waals surface area contributed by atoms with Gasteiger partial charge in [0.05, 0.1) is 29.9 Å². The van der Waals surface area contributed by atoms with Gasteiger partial charge in [-0.2, -0.15) is 5.26 Å². The molecule has 36 heavy (non-hydrogen) atoms. The van der Waals surface area contributed by atoms with Crippen LogP contribution < -0.4 is 16.0 Å². The number of nitriles is 1. The number of esters is 1. The fourth-order valence-corrected chi connectivity index (χ4v) is 3.83.